The zero-order valence-corrected chi connectivity index (χ0v) is 12.6. The highest BCUT2D eigenvalue weighted by atomic mass is 16.5. The quantitative estimate of drug-likeness (QED) is 0.846. The van der Waals surface area contributed by atoms with Crippen LogP contribution in [0.15, 0.2) is 4.52 Å². The zero-order chi connectivity index (χ0) is 13.8. The van der Waals surface area contributed by atoms with E-state index >= 15 is 0 Å². The van der Waals surface area contributed by atoms with Crippen LogP contribution in [-0.4, -0.2) is 22.7 Å². The van der Waals surface area contributed by atoms with Gasteiger partial charge in [-0.3, -0.25) is 0 Å². The highest BCUT2D eigenvalue weighted by Gasteiger charge is 2.23. The van der Waals surface area contributed by atoms with E-state index in [1.54, 1.807) is 0 Å². The predicted molar refractivity (Wildman–Crippen MR) is 73.6 cm³/mol. The minimum atomic E-state index is 0.191. The molecule has 0 aliphatic rings. The van der Waals surface area contributed by atoms with Gasteiger partial charge in [-0.2, -0.15) is 4.98 Å². The number of hydrogen-bond donors (Lipinski definition) is 1. The number of rotatable bonds is 6. The summed E-state index contributed by atoms with van der Waals surface area (Å²) in [6.07, 6.45) is 1.91. The number of nitrogens with one attached hydrogen (secondary N) is 1. The molecule has 1 heterocycles. The van der Waals surface area contributed by atoms with Crippen molar-refractivity contribution in [3.63, 3.8) is 0 Å². The first kappa shape index (κ1) is 15.2. The van der Waals surface area contributed by atoms with E-state index in [2.05, 4.69) is 57.0 Å². The monoisotopic (exact) mass is 253 g/mol. The normalized spacial score (nSPS) is 15.7. The van der Waals surface area contributed by atoms with Crippen LogP contribution in [0.3, 0.4) is 0 Å². The second-order valence-electron chi connectivity index (χ2n) is 6.15. The van der Waals surface area contributed by atoms with Gasteiger partial charge in [0.25, 0.3) is 0 Å². The molecule has 4 nitrogen and oxygen atoms in total. The lowest BCUT2D eigenvalue weighted by Crippen LogP contribution is -2.33. The van der Waals surface area contributed by atoms with Crippen molar-refractivity contribution in [2.24, 2.45) is 5.41 Å². The van der Waals surface area contributed by atoms with Gasteiger partial charge in [-0.05, 0) is 18.4 Å². The molecule has 0 saturated carbocycles. The molecule has 0 saturated heterocycles. The van der Waals surface area contributed by atoms with Crippen LogP contribution >= 0.6 is 0 Å². The van der Waals surface area contributed by atoms with Crippen LogP contribution in [0.1, 0.15) is 65.6 Å². The molecule has 0 aromatic carbocycles. The number of likely N-dealkylation sites (N-methyl/N-ethyl adjacent to an activating group) is 1. The average molecular weight is 253 g/mol. The Morgan fingerprint density at radius 2 is 1.94 bits per heavy atom. The van der Waals surface area contributed by atoms with Gasteiger partial charge in [-0.1, -0.05) is 46.7 Å². The summed E-state index contributed by atoms with van der Waals surface area (Å²) >= 11 is 0. The van der Waals surface area contributed by atoms with E-state index in [4.69, 9.17) is 4.52 Å². The molecule has 104 valence electrons. The maximum absolute atomic E-state index is 5.40. The summed E-state index contributed by atoms with van der Waals surface area (Å²) in [6.45, 7) is 13.9. The van der Waals surface area contributed by atoms with Crippen molar-refractivity contribution in [3.8, 4) is 0 Å². The Balaban J connectivity index is 2.72. The van der Waals surface area contributed by atoms with Gasteiger partial charge in [-0.15, -0.1) is 0 Å². The molecule has 1 rings (SSSR count). The van der Waals surface area contributed by atoms with Crippen LogP contribution in [0, 0.1) is 5.41 Å². The van der Waals surface area contributed by atoms with Crippen LogP contribution in [0.5, 0.6) is 0 Å². The molecular formula is C14H27N3O. The number of hydrogen-bond acceptors (Lipinski definition) is 4. The first-order valence-electron chi connectivity index (χ1n) is 6.93. The Morgan fingerprint density at radius 1 is 1.28 bits per heavy atom. The Hall–Kier alpha value is -0.900. The van der Waals surface area contributed by atoms with E-state index in [0.29, 0.717) is 6.04 Å². The molecule has 0 aliphatic heterocycles. The number of nitrogens with zero attached hydrogens (tertiary/aromatic N) is 2. The van der Waals surface area contributed by atoms with Crippen molar-refractivity contribution in [1.82, 2.24) is 15.5 Å². The minimum Gasteiger partial charge on any atom is -0.339 e. The fraction of sp³-hybridized carbons (Fsp3) is 0.857. The van der Waals surface area contributed by atoms with E-state index in [9.17, 15) is 0 Å². The summed E-state index contributed by atoms with van der Waals surface area (Å²) in [6, 6.07) is 0.401. The standard InChI is InChI=1S/C14H27N3O/c1-7-11(15-8-2)10(3)13-16-12(17-18-13)9-14(4,5)6/h10-11,15H,7-9H2,1-6H3. The van der Waals surface area contributed by atoms with Crippen molar-refractivity contribution < 1.29 is 4.52 Å². The largest absolute Gasteiger partial charge is 0.339 e. The second kappa shape index (κ2) is 6.32. The van der Waals surface area contributed by atoms with Gasteiger partial charge >= 0.3 is 0 Å². The fourth-order valence-electron chi connectivity index (χ4n) is 2.11. The molecule has 2 atom stereocenters. The van der Waals surface area contributed by atoms with Crippen LogP contribution in [0.4, 0.5) is 0 Å². The number of aromatic nitrogens is 2. The average Bonchev–Trinajstić information content (AvgIpc) is 2.70. The first-order valence-corrected chi connectivity index (χ1v) is 6.93. The molecule has 1 aromatic rings. The van der Waals surface area contributed by atoms with Gasteiger partial charge in [0.05, 0.1) is 5.92 Å². The smallest absolute Gasteiger partial charge is 0.231 e. The molecule has 0 fully saturated rings. The van der Waals surface area contributed by atoms with E-state index in [-0.39, 0.29) is 11.3 Å². The molecule has 0 aliphatic carbocycles. The Morgan fingerprint density at radius 3 is 2.44 bits per heavy atom. The maximum Gasteiger partial charge on any atom is 0.231 e. The predicted octanol–water partition coefficient (Wildman–Crippen LogP) is 3.15. The lowest BCUT2D eigenvalue weighted by Gasteiger charge is -2.20. The molecule has 1 aromatic heterocycles. The SMILES string of the molecule is CCNC(CC)C(C)c1nc(CC(C)(C)C)no1. The third-order valence-electron chi connectivity index (χ3n) is 3.07. The lowest BCUT2D eigenvalue weighted by molar-refractivity contribution is 0.315. The van der Waals surface area contributed by atoms with E-state index in [1.807, 2.05) is 0 Å². The summed E-state index contributed by atoms with van der Waals surface area (Å²) in [5, 5.41) is 7.55. The zero-order valence-electron chi connectivity index (χ0n) is 12.6. The summed E-state index contributed by atoms with van der Waals surface area (Å²) in [5.74, 6) is 1.83. The second-order valence-corrected chi connectivity index (χ2v) is 6.15. The molecule has 4 heteroatoms. The van der Waals surface area contributed by atoms with Gasteiger partial charge < -0.3 is 9.84 Å². The molecule has 0 amide bonds. The Bertz CT molecular complexity index is 354. The summed E-state index contributed by atoms with van der Waals surface area (Å²) in [4.78, 5) is 4.53. The Labute approximate surface area is 111 Å². The minimum absolute atomic E-state index is 0.191. The van der Waals surface area contributed by atoms with E-state index < -0.39 is 0 Å². The van der Waals surface area contributed by atoms with Gasteiger partial charge in [0, 0.05) is 12.5 Å². The molecule has 0 spiro atoms. The summed E-state index contributed by atoms with van der Waals surface area (Å²) < 4.78 is 5.40. The van der Waals surface area contributed by atoms with Gasteiger partial charge in [0.15, 0.2) is 5.82 Å². The van der Waals surface area contributed by atoms with Crippen molar-refractivity contribution >= 4 is 0 Å². The molecule has 1 N–H and O–H groups in total. The van der Waals surface area contributed by atoms with Crippen LogP contribution < -0.4 is 5.32 Å². The molecule has 18 heavy (non-hydrogen) atoms. The molecule has 0 radical (unpaired) electrons. The fourth-order valence-corrected chi connectivity index (χ4v) is 2.11. The summed E-state index contributed by atoms with van der Waals surface area (Å²) in [5.41, 5.74) is 0.191. The topological polar surface area (TPSA) is 51.0 Å². The van der Waals surface area contributed by atoms with Crippen LogP contribution in [-0.2, 0) is 6.42 Å². The van der Waals surface area contributed by atoms with Crippen molar-refractivity contribution in [2.45, 2.75) is 66.3 Å². The van der Waals surface area contributed by atoms with Gasteiger partial charge in [0.2, 0.25) is 5.89 Å². The highest BCUT2D eigenvalue weighted by Crippen LogP contribution is 2.23. The first-order chi connectivity index (χ1) is 8.37. The highest BCUT2D eigenvalue weighted by molar-refractivity contribution is 4.98. The van der Waals surface area contributed by atoms with Crippen LogP contribution in [0.2, 0.25) is 0 Å². The lowest BCUT2D eigenvalue weighted by atomic mass is 9.92. The van der Waals surface area contributed by atoms with E-state index in [0.717, 1.165) is 31.1 Å². The van der Waals surface area contributed by atoms with Gasteiger partial charge in [0.1, 0.15) is 0 Å². The van der Waals surface area contributed by atoms with Crippen molar-refractivity contribution in [2.75, 3.05) is 6.54 Å². The maximum atomic E-state index is 5.40. The third kappa shape index (κ3) is 4.41. The summed E-state index contributed by atoms with van der Waals surface area (Å²) in [7, 11) is 0. The van der Waals surface area contributed by atoms with Gasteiger partial charge in [-0.25, -0.2) is 0 Å². The Kier molecular flexibility index (Phi) is 5.32. The molecule has 2 unspecified atom stereocenters. The van der Waals surface area contributed by atoms with Crippen molar-refractivity contribution in [3.05, 3.63) is 11.7 Å². The molecule has 0 bridgehead atoms. The van der Waals surface area contributed by atoms with Crippen molar-refractivity contribution in [1.29, 1.82) is 0 Å². The molecular weight excluding hydrogens is 226 g/mol. The van der Waals surface area contributed by atoms with Crippen LogP contribution in [0.25, 0.3) is 0 Å². The van der Waals surface area contributed by atoms with E-state index in [1.165, 1.54) is 0 Å². The third-order valence-corrected chi connectivity index (χ3v) is 3.07.